The summed E-state index contributed by atoms with van der Waals surface area (Å²) in [5.74, 6) is -3.63. The lowest BCUT2D eigenvalue weighted by Crippen LogP contribution is -2.35. The molecule has 0 aromatic rings. The number of aliphatic hydroxyl groups is 1. The first-order valence-electron chi connectivity index (χ1n) is 4.54. The summed E-state index contributed by atoms with van der Waals surface area (Å²) in [5.41, 5.74) is 0. The highest BCUT2D eigenvalue weighted by Crippen LogP contribution is 2.09. The van der Waals surface area contributed by atoms with Gasteiger partial charge in [-0.15, -0.1) is 0 Å². The normalized spacial score (nSPS) is 12.0. The fourth-order valence-corrected chi connectivity index (χ4v) is 0.740. The first-order chi connectivity index (χ1) is 7.02. The van der Waals surface area contributed by atoms with Crippen molar-refractivity contribution in [3.8, 4) is 0 Å². The molecule has 0 unspecified atom stereocenters. The maximum absolute atomic E-state index is 12.4. The molecule has 6 heteroatoms. The highest BCUT2D eigenvalue weighted by Gasteiger charge is 2.26. The van der Waals surface area contributed by atoms with Gasteiger partial charge in [0.05, 0.1) is 13.2 Å². The van der Waals surface area contributed by atoms with E-state index in [2.05, 4.69) is 10.1 Å². The molecule has 0 aliphatic heterocycles. The summed E-state index contributed by atoms with van der Waals surface area (Å²) in [6.07, 6.45) is 2.54. The van der Waals surface area contributed by atoms with Crippen LogP contribution in [0.15, 0.2) is 12.2 Å². The van der Waals surface area contributed by atoms with E-state index in [0.29, 0.717) is 0 Å². The summed E-state index contributed by atoms with van der Waals surface area (Å²) in [7, 11) is 0. The number of halogens is 2. The molecule has 2 N–H and O–H groups in total. The van der Waals surface area contributed by atoms with Gasteiger partial charge >= 0.3 is 5.97 Å². The van der Waals surface area contributed by atoms with Crippen molar-refractivity contribution in [3.63, 3.8) is 0 Å². The summed E-state index contributed by atoms with van der Waals surface area (Å²) < 4.78 is 29.4. The van der Waals surface area contributed by atoms with Gasteiger partial charge in [0.25, 0.3) is 5.92 Å². The maximum atomic E-state index is 12.4. The number of esters is 1. The van der Waals surface area contributed by atoms with Crippen LogP contribution in [0.3, 0.4) is 0 Å². The number of carbonyl (C=O) groups is 1. The Hall–Kier alpha value is -1.01. The van der Waals surface area contributed by atoms with Crippen LogP contribution in [-0.2, 0) is 9.53 Å². The molecule has 0 aliphatic carbocycles. The van der Waals surface area contributed by atoms with Crippen molar-refractivity contribution in [2.24, 2.45) is 0 Å². The highest BCUT2D eigenvalue weighted by atomic mass is 19.3. The van der Waals surface area contributed by atoms with Crippen molar-refractivity contribution < 1.29 is 23.4 Å². The third-order valence-electron chi connectivity index (χ3n) is 1.42. The molecule has 0 saturated heterocycles. The molecular formula is C9H15F2NO3. The second-order valence-electron chi connectivity index (χ2n) is 2.80. The first kappa shape index (κ1) is 14.0. The van der Waals surface area contributed by atoms with Crippen LogP contribution in [0, 0.1) is 0 Å². The predicted octanol–water partition coefficient (Wildman–Crippen LogP) is 0.323. The molecule has 88 valence electrons. The third-order valence-corrected chi connectivity index (χ3v) is 1.42. The quantitative estimate of drug-likeness (QED) is 0.371. The summed E-state index contributed by atoms with van der Waals surface area (Å²) in [6, 6.07) is 0. The van der Waals surface area contributed by atoms with Crippen molar-refractivity contribution in [1.29, 1.82) is 0 Å². The Labute approximate surface area is 86.9 Å². The Kier molecular flexibility index (Phi) is 6.81. The van der Waals surface area contributed by atoms with Gasteiger partial charge in [-0.2, -0.15) is 0 Å². The Bertz CT molecular complexity index is 219. The van der Waals surface area contributed by atoms with Crippen LogP contribution < -0.4 is 5.32 Å². The van der Waals surface area contributed by atoms with E-state index in [9.17, 15) is 13.6 Å². The van der Waals surface area contributed by atoms with Gasteiger partial charge < -0.3 is 15.2 Å². The molecule has 0 atom stereocenters. The second-order valence-corrected chi connectivity index (χ2v) is 2.80. The van der Waals surface area contributed by atoms with E-state index in [0.717, 1.165) is 6.08 Å². The minimum Gasteiger partial charge on any atom is -0.463 e. The number of aliphatic hydroxyl groups excluding tert-OH is 1. The first-order valence-corrected chi connectivity index (χ1v) is 4.54. The van der Waals surface area contributed by atoms with Gasteiger partial charge in [0.2, 0.25) is 0 Å². The van der Waals surface area contributed by atoms with Gasteiger partial charge in [0.15, 0.2) is 0 Å². The smallest absolute Gasteiger partial charge is 0.330 e. The summed E-state index contributed by atoms with van der Waals surface area (Å²) in [6.45, 7) is 0.248. The standard InChI is InChI=1S/C9H15F2NO3/c1-2-15-8(14)4-3-5-12-6-9(10,11)7-13/h3-4,12-13H,2,5-7H2,1H3/b4-3+. The molecule has 0 fully saturated rings. The zero-order chi connectivity index (χ0) is 11.7. The molecule has 4 nitrogen and oxygen atoms in total. The highest BCUT2D eigenvalue weighted by molar-refractivity contribution is 5.81. The van der Waals surface area contributed by atoms with Crippen LogP contribution in [0.25, 0.3) is 0 Å². The molecule has 0 aromatic heterocycles. The van der Waals surface area contributed by atoms with Crippen LogP contribution in [0.5, 0.6) is 0 Å². The van der Waals surface area contributed by atoms with Crippen LogP contribution in [0.1, 0.15) is 6.92 Å². The fraction of sp³-hybridized carbons (Fsp3) is 0.667. The van der Waals surface area contributed by atoms with E-state index in [4.69, 9.17) is 5.11 Å². The molecule has 0 heterocycles. The zero-order valence-electron chi connectivity index (χ0n) is 8.50. The molecule has 0 aliphatic rings. The molecule has 0 spiro atoms. The average molecular weight is 223 g/mol. The van der Waals surface area contributed by atoms with Crippen LogP contribution in [0.2, 0.25) is 0 Å². The predicted molar refractivity (Wildman–Crippen MR) is 50.7 cm³/mol. The molecule has 0 saturated carbocycles. The number of hydrogen-bond donors (Lipinski definition) is 2. The number of nitrogens with one attached hydrogen (secondary N) is 1. The van der Waals surface area contributed by atoms with Crippen molar-refractivity contribution in [1.82, 2.24) is 5.32 Å². The van der Waals surface area contributed by atoms with E-state index < -0.39 is 25.0 Å². The molecule has 0 rings (SSSR count). The van der Waals surface area contributed by atoms with Gasteiger partial charge in [0.1, 0.15) is 6.61 Å². The lowest BCUT2D eigenvalue weighted by atomic mass is 10.3. The second kappa shape index (κ2) is 7.30. The Morgan fingerprint density at radius 2 is 2.27 bits per heavy atom. The molecule has 0 bridgehead atoms. The Morgan fingerprint density at radius 3 is 2.80 bits per heavy atom. The van der Waals surface area contributed by atoms with E-state index in [1.165, 1.54) is 6.08 Å². The molecule has 0 radical (unpaired) electrons. The van der Waals surface area contributed by atoms with Crippen molar-refractivity contribution in [2.75, 3.05) is 26.3 Å². The SMILES string of the molecule is CCOC(=O)/C=C/CNCC(F)(F)CO. The van der Waals surface area contributed by atoms with Crippen molar-refractivity contribution >= 4 is 5.97 Å². The van der Waals surface area contributed by atoms with Crippen LogP contribution in [-0.4, -0.2) is 43.3 Å². The number of carbonyl (C=O) groups excluding carboxylic acids is 1. The van der Waals surface area contributed by atoms with E-state index in [-0.39, 0.29) is 13.2 Å². The minimum absolute atomic E-state index is 0.119. The van der Waals surface area contributed by atoms with Crippen LogP contribution >= 0.6 is 0 Å². The molecule has 0 amide bonds. The van der Waals surface area contributed by atoms with E-state index in [1.807, 2.05) is 0 Å². The van der Waals surface area contributed by atoms with Gasteiger partial charge in [-0.3, -0.25) is 0 Å². The largest absolute Gasteiger partial charge is 0.463 e. The summed E-state index contributed by atoms with van der Waals surface area (Å²) in [4.78, 5) is 10.7. The van der Waals surface area contributed by atoms with E-state index in [1.54, 1.807) is 6.92 Å². The lowest BCUT2D eigenvalue weighted by Gasteiger charge is -2.12. The number of rotatable bonds is 7. The third kappa shape index (κ3) is 8.02. The fourth-order valence-electron chi connectivity index (χ4n) is 0.740. The zero-order valence-corrected chi connectivity index (χ0v) is 8.50. The monoisotopic (exact) mass is 223 g/mol. The summed E-state index contributed by atoms with van der Waals surface area (Å²) in [5, 5.41) is 10.6. The van der Waals surface area contributed by atoms with Gasteiger partial charge in [0, 0.05) is 12.6 Å². The Morgan fingerprint density at radius 1 is 1.60 bits per heavy atom. The number of alkyl halides is 2. The van der Waals surface area contributed by atoms with E-state index >= 15 is 0 Å². The maximum Gasteiger partial charge on any atom is 0.330 e. The van der Waals surface area contributed by atoms with Gasteiger partial charge in [-0.25, -0.2) is 13.6 Å². The Balaban J connectivity index is 3.58. The van der Waals surface area contributed by atoms with Gasteiger partial charge in [-0.05, 0) is 6.92 Å². The minimum atomic E-state index is -3.13. The topological polar surface area (TPSA) is 58.6 Å². The molecular weight excluding hydrogens is 208 g/mol. The molecule has 15 heavy (non-hydrogen) atoms. The van der Waals surface area contributed by atoms with Crippen molar-refractivity contribution in [2.45, 2.75) is 12.8 Å². The number of ether oxygens (including phenoxy) is 1. The van der Waals surface area contributed by atoms with Crippen LogP contribution in [0.4, 0.5) is 8.78 Å². The number of hydrogen-bond acceptors (Lipinski definition) is 4. The molecule has 0 aromatic carbocycles. The lowest BCUT2D eigenvalue weighted by molar-refractivity contribution is -0.137. The van der Waals surface area contributed by atoms with Crippen molar-refractivity contribution in [3.05, 3.63) is 12.2 Å². The average Bonchev–Trinajstić information content (AvgIpc) is 2.17. The van der Waals surface area contributed by atoms with Gasteiger partial charge in [-0.1, -0.05) is 6.08 Å². The summed E-state index contributed by atoms with van der Waals surface area (Å²) >= 11 is 0.